The standard InChI is InChI=1S/C14H19ClN2OS.ClH/c1-17(11-6-8-16-9-7-11)14(18)10-19-13-5-3-2-4-12(13)15;/h2-5,11,16H,6-10H2,1H3;1H. The van der Waals surface area contributed by atoms with Crippen LogP contribution in [0.1, 0.15) is 12.8 Å². The largest absolute Gasteiger partial charge is 0.342 e. The van der Waals surface area contributed by atoms with Crippen molar-refractivity contribution in [1.82, 2.24) is 10.2 Å². The van der Waals surface area contributed by atoms with Crippen molar-refractivity contribution in [2.45, 2.75) is 23.8 Å². The van der Waals surface area contributed by atoms with E-state index < -0.39 is 0 Å². The molecule has 6 heteroatoms. The lowest BCUT2D eigenvalue weighted by molar-refractivity contribution is -0.129. The maximum absolute atomic E-state index is 12.2. The first-order valence-corrected chi connectivity index (χ1v) is 7.88. The van der Waals surface area contributed by atoms with Gasteiger partial charge in [0.15, 0.2) is 0 Å². The molecule has 0 unspecified atom stereocenters. The van der Waals surface area contributed by atoms with E-state index in [2.05, 4.69) is 5.32 Å². The average molecular weight is 335 g/mol. The fraction of sp³-hybridized carbons (Fsp3) is 0.500. The molecule has 3 nitrogen and oxygen atoms in total. The highest BCUT2D eigenvalue weighted by Crippen LogP contribution is 2.27. The Morgan fingerprint density at radius 3 is 2.70 bits per heavy atom. The van der Waals surface area contributed by atoms with Crippen LogP contribution in [0, 0.1) is 0 Å². The van der Waals surface area contributed by atoms with Crippen molar-refractivity contribution < 1.29 is 4.79 Å². The predicted molar refractivity (Wildman–Crippen MR) is 88.1 cm³/mol. The molecule has 0 radical (unpaired) electrons. The van der Waals surface area contributed by atoms with Crippen LogP contribution in [-0.2, 0) is 4.79 Å². The summed E-state index contributed by atoms with van der Waals surface area (Å²) in [5, 5.41) is 4.03. The molecule has 0 spiro atoms. The third-order valence-corrected chi connectivity index (χ3v) is 4.94. The summed E-state index contributed by atoms with van der Waals surface area (Å²) in [5.74, 6) is 0.626. The molecule has 1 N–H and O–H groups in total. The van der Waals surface area contributed by atoms with Gasteiger partial charge in [-0.15, -0.1) is 24.2 Å². The molecule has 0 aromatic heterocycles. The minimum Gasteiger partial charge on any atom is -0.342 e. The van der Waals surface area contributed by atoms with Gasteiger partial charge in [0.2, 0.25) is 5.91 Å². The lowest BCUT2D eigenvalue weighted by Crippen LogP contribution is -2.44. The lowest BCUT2D eigenvalue weighted by Gasteiger charge is -2.31. The van der Waals surface area contributed by atoms with Gasteiger partial charge in [-0.05, 0) is 38.1 Å². The van der Waals surface area contributed by atoms with E-state index in [1.807, 2.05) is 36.2 Å². The quantitative estimate of drug-likeness (QED) is 0.859. The molecule has 0 saturated carbocycles. The summed E-state index contributed by atoms with van der Waals surface area (Å²) in [6.45, 7) is 2.00. The number of piperidine rings is 1. The van der Waals surface area contributed by atoms with Crippen LogP contribution in [0.25, 0.3) is 0 Å². The van der Waals surface area contributed by atoms with E-state index in [1.165, 1.54) is 11.8 Å². The van der Waals surface area contributed by atoms with Crippen molar-refractivity contribution in [2.75, 3.05) is 25.9 Å². The number of carbonyl (C=O) groups is 1. The van der Waals surface area contributed by atoms with Gasteiger partial charge in [-0.1, -0.05) is 23.7 Å². The first kappa shape index (κ1) is 17.6. The van der Waals surface area contributed by atoms with Crippen molar-refractivity contribution in [1.29, 1.82) is 0 Å². The Morgan fingerprint density at radius 1 is 1.40 bits per heavy atom. The maximum atomic E-state index is 12.2. The Balaban J connectivity index is 0.00000200. The second-order valence-electron chi connectivity index (χ2n) is 4.70. The summed E-state index contributed by atoms with van der Waals surface area (Å²) >= 11 is 7.59. The summed E-state index contributed by atoms with van der Waals surface area (Å²) in [6.07, 6.45) is 2.08. The van der Waals surface area contributed by atoms with Crippen molar-refractivity contribution in [2.24, 2.45) is 0 Å². The van der Waals surface area contributed by atoms with Gasteiger partial charge in [0.25, 0.3) is 0 Å². The molecule has 1 heterocycles. The Labute approximate surface area is 135 Å². The molecule has 2 rings (SSSR count). The molecular weight excluding hydrogens is 315 g/mol. The van der Waals surface area contributed by atoms with Crippen LogP contribution in [0.3, 0.4) is 0 Å². The van der Waals surface area contributed by atoms with E-state index in [1.54, 1.807) is 0 Å². The van der Waals surface area contributed by atoms with Gasteiger partial charge in [0, 0.05) is 18.0 Å². The van der Waals surface area contributed by atoms with Crippen molar-refractivity contribution in [3.63, 3.8) is 0 Å². The van der Waals surface area contributed by atoms with Crippen LogP contribution in [0.15, 0.2) is 29.2 Å². The van der Waals surface area contributed by atoms with E-state index in [0.717, 1.165) is 30.8 Å². The average Bonchev–Trinajstić information content (AvgIpc) is 2.46. The molecule has 20 heavy (non-hydrogen) atoms. The molecule has 0 atom stereocenters. The van der Waals surface area contributed by atoms with E-state index in [-0.39, 0.29) is 18.3 Å². The summed E-state index contributed by atoms with van der Waals surface area (Å²) in [6, 6.07) is 8.01. The normalized spacial score (nSPS) is 15.5. The number of benzene rings is 1. The second-order valence-corrected chi connectivity index (χ2v) is 6.13. The zero-order chi connectivity index (χ0) is 13.7. The summed E-state index contributed by atoms with van der Waals surface area (Å²) in [7, 11) is 1.91. The Morgan fingerprint density at radius 2 is 2.05 bits per heavy atom. The topological polar surface area (TPSA) is 32.3 Å². The number of nitrogens with one attached hydrogen (secondary N) is 1. The molecule has 1 aliphatic rings. The van der Waals surface area contributed by atoms with E-state index in [9.17, 15) is 4.79 Å². The zero-order valence-corrected chi connectivity index (χ0v) is 13.9. The van der Waals surface area contributed by atoms with Crippen LogP contribution in [0.2, 0.25) is 5.02 Å². The second kappa shape index (κ2) is 8.78. The fourth-order valence-electron chi connectivity index (χ4n) is 2.20. The minimum atomic E-state index is 0. The van der Waals surface area contributed by atoms with E-state index in [0.29, 0.717) is 16.8 Å². The van der Waals surface area contributed by atoms with Gasteiger partial charge in [-0.3, -0.25) is 4.79 Å². The summed E-state index contributed by atoms with van der Waals surface area (Å²) < 4.78 is 0. The highest BCUT2D eigenvalue weighted by atomic mass is 35.5. The molecule has 1 amide bonds. The Bertz CT molecular complexity index is 439. The van der Waals surface area contributed by atoms with Crippen LogP contribution >= 0.6 is 35.8 Å². The zero-order valence-electron chi connectivity index (χ0n) is 11.5. The van der Waals surface area contributed by atoms with Gasteiger partial charge >= 0.3 is 0 Å². The highest BCUT2D eigenvalue weighted by molar-refractivity contribution is 8.00. The number of hydrogen-bond acceptors (Lipinski definition) is 3. The lowest BCUT2D eigenvalue weighted by atomic mass is 10.1. The molecule has 1 aliphatic heterocycles. The van der Waals surface area contributed by atoms with Crippen LogP contribution in [-0.4, -0.2) is 42.7 Å². The van der Waals surface area contributed by atoms with Crippen molar-refractivity contribution in [3.8, 4) is 0 Å². The number of thioether (sulfide) groups is 1. The molecular formula is C14H20Cl2N2OS. The first-order chi connectivity index (χ1) is 9.18. The third kappa shape index (κ3) is 4.85. The monoisotopic (exact) mass is 334 g/mol. The Hall–Kier alpha value is -0.420. The van der Waals surface area contributed by atoms with Gasteiger partial charge < -0.3 is 10.2 Å². The number of rotatable bonds is 4. The summed E-state index contributed by atoms with van der Waals surface area (Å²) in [4.78, 5) is 15.0. The molecule has 0 bridgehead atoms. The molecule has 112 valence electrons. The smallest absolute Gasteiger partial charge is 0.232 e. The van der Waals surface area contributed by atoms with E-state index in [4.69, 9.17) is 11.6 Å². The Kier molecular flexibility index (Phi) is 7.74. The molecule has 1 fully saturated rings. The minimum absolute atomic E-state index is 0. The number of hydrogen-bond donors (Lipinski definition) is 1. The maximum Gasteiger partial charge on any atom is 0.232 e. The van der Waals surface area contributed by atoms with Crippen molar-refractivity contribution >= 4 is 41.7 Å². The van der Waals surface area contributed by atoms with Crippen LogP contribution in [0.4, 0.5) is 0 Å². The molecule has 0 aliphatic carbocycles. The fourth-order valence-corrected chi connectivity index (χ4v) is 3.36. The first-order valence-electron chi connectivity index (χ1n) is 6.52. The molecule has 1 saturated heterocycles. The predicted octanol–water partition coefficient (Wildman–Crippen LogP) is 3.06. The number of carbonyl (C=O) groups excluding carboxylic acids is 1. The van der Waals surface area contributed by atoms with Gasteiger partial charge in [0.05, 0.1) is 10.8 Å². The number of nitrogens with zero attached hydrogens (tertiary/aromatic N) is 1. The highest BCUT2D eigenvalue weighted by Gasteiger charge is 2.21. The van der Waals surface area contributed by atoms with Crippen LogP contribution < -0.4 is 5.32 Å². The van der Waals surface area contributed by atoms with Crippen LogP contribution in [0.5, 0.6) is 0 Å². The van der Waals surface area contributed by atoms with Gasteiger partial charge in [0.1, 0.15) is 0 Å². The van der Waals surface area contributed by atoms with Gasteiger partial charge in [-0.25, -0.2) is 0 Å². The number of amides is 1. The SMILES string of the molecule is CN(C(=O)CSc1ccccc1Cl)C1CCNCC1.Cl. The molecule has 1 aromatic rings. The third-order valence-electron chi connectivity index (χ3n) is 3.44. The molecule has 1 aromatic carbocycles. The van der Waals surface area contributed by atoms with Crippen molar-refractivity contribution in [3.05, 3.63) is 29.3 Å². The van der Waals surface area contributed by atoms with Gasteiger partial charge in [-0.2, -0.15) is 0 Å². The number of halogens is 2. The summed E-state index contributed by atoms with van der Waals surface area (Å²) in [5.41, 5.74) is 0. The van der Waals surface area contributed by atoms with E-state index >= 15 is 0 Å².